The lowest BCUT2D eigenvalue weighted by molar-refractivity contribution is 0.640. The molecule has 0 aromatic carbocycles. The molecule has 5 nitrogen and oxygen atoms in total. The molecule has 0 saturated carbocycles. The van der Waals surface area contributed by atoms with E-state index in [4.69, 9.17) is 11.6 Å². The molecule has 0 spiro atoms. The van der Waals surface area contributed by atoms with Crippen LogP contribution in [-0.2, 0) is 13.0 Å². The van der Waals surface area contributed by atoms with Gasteiger partial charge in [-0.15, -0.1) is 28.0 Å². The van der Waals surface area contributed by atoms with Gasteiger partial charge in [-0.3, -0.25) is 4.40 Å². The Kier molecular flexibility index (Phi) is 2.82. The number of nitrogens with zero attached hydrogens (tertiary/aromatic N) is 5. The number of aromatic nitrogens is 5. The monoisotopic (exact) mass is 267 g/mol. The van der Waals surface area contributed by atoms with E-state index in [-0.39, 0.29) is 0 Å². The first-order valence-electron chi connectivity index (χ1n) is 5.21. The van der Waals surface area contributed by atoms with Gasteiger partial charge in [-0.05, 0) is 0 Å². The summed E-state index contributed by atoms with van der Waals surface area (Å²) < 4.78 is 3.80. The van der Waals surface area contributed by atoms with Crippen molar-refractivity contribution in [2.75, 3.05) is 5.88 Å². The summed E-state index contributed by atoms with van der Waals surface area (Å²) in [7, 11) is 0. The van der Waals surface area contributed by atoms with Crippen LogP contribution in [0.3, 0.4) is 0 Å². The van der Waals surface area contributed by atoms with Gasteiger partial charge in [0.25, 0.3) is 0 Å². The molecule has 3 aromatic heterocycles. The van der Waals surface area contributed by atoms with Crippen LogP contribution in [0.15, 0.2) is 24.0 Å². The Morgan fingerprint density at radius 3 is 3.06 bits per heavy atom. The predicted octanol–water partition coefficient (Wildman–Crippen LogP) is 1.82. The zero-order valence-corrected chi connectivity index (χ0v) is 10.5. The van der Waals surface area contributed by atoms with Gasteiger partial charge in [0, 0.05) is 36.3 Å². The summed E-state index contributed by atoms with van der Waals surface area (Å²) in [5.74, 6) is 0.568. The lowest BCUT2D eigenvalue weighted by atomic mass is 10.4. The third-order valence-electron chi connectivity index (χ3n) is 2.40. The maximum Gasteiger partial charge on any atom is 0.193 e. The summed E-state index contributed by atoms with van der Waals surface area (Å²) in [6.45, 7) is 0.643. The Morgan fingerprint density at radius 2 is 2.24 bits per heavy atom. The average molecular weight is 268 g/mol. The number of fused-ring (bicyclic) bond motifs is 1. The number of halogens is 1. The summed E-state index contributed by atoms with van der Waals surface area (Å²) in [6.07, 6.45) is 6.67. The van der Waals surface area contributed by atoms with E-state index < -0.39 is 0 Å². The van der Waals surface area contributed by atoms with Crippen LogP contribution < -0.4 is 0 Å². The molecule has 0 aliphatic rings. The minimum absolute atomic E-state index is 0.568. The average Bonchev–Trinajstić information content (AvgIpc) is 2.95. The molecule has 3 heterocycles. The highest BCUT2D eigenvalue weighted by atomic mass is 35.5. The van der Waals surface area contributed by atoms with Crippen LogP contribution >= 0.6 is 22.9 Å². The fourth-order valence-electron chi connectivity index (χ4n) is 1.65. The SMILES string of the molecule is ClCCc1cn(Cc2cn3ccsc3n2)nn1. The molecule has 0 radical (unpaired) electrons. The maximum atomic E-state index is 5.65. The van der Waals surface area contributed by atoms with Gasteiger partial charge in [0.05, 0.1) is 17.9 Å². The molecular weight excluding hydrogens is 258 g/mol. The third kappa shape index (κ3) is 2.18. The highest BCUT2D eigenvalue weighted by molar-refractivity contribution is 7.15. The zero-order valence-electron chi connectivity index (χ0n) is 8.95. The van der Waals surface area contributed by atoms with E-state index in [1.807, 2.05) is 28.4 Å². The van der Waals surface area contributed by atoms with Crippen molar-refractivity contribution in [1.82, 2.24) is 24.4 Å². The van der Waals surface area contributed by atoms with Gasteiger partial charge in [-0.1, -0.05) is 5.21 Å². The molecule has 3 aromatic rings. The van der Waals surface area contributed by atoms with E-state index in [1.165, 1.54) is 0 Å². The van der Waals surface area contributed by atoms with E-state index in [2.05, 4.69) is 15.3 Å². The molecule has 0 saturated heterocycles. The number of thiazole rings is 1. The number of hydrogen-bond donors (Lipinski definition) is 0. The standard InChI is InChI=1S/C10H10ClN5S/c11-2-1-8-6-16(14-13-8)7-9-5-15-3-4-17-10(15)12-9/h3-6H,1-2,7H2. The second-order valence-electron chi connectivity index (χ2n) is 3.67. The van der Waals surface area contributed by atoms with Crippen molar-refractivity contribution in [1.29, 1.82) is 0 Å². The molecule has 0 N–H and O–H groups in total. The molecule has 7 heteroatoms. The number of imidazole rings is 1. The Balaban J connectivity index is 1.79. The molecule has 3 rings (SSSR count). The van der Waals surface area contributed by atoms with Crippen molar-refractivity contribution in [3.63, 3.8) is 0 Å². The van der Waals surface area contributed by atoms with Gasteiger partial charge < -0.3 is 0 Å². The lowest BCUT2D eigenvalue weighted by Gasteiger charge is -1.94. The van der Waals surface area contributed by atoms with Crippen molar-refractivity contribution in [2.45, 2.75) is 13.0 Å². The third-order valence-corrected chi connectivity index (χ3v) is 3.36. The van der Waals surface area contributed by atoms with E-state index in [1.54, 1.807) is 16.0 Å². The molecular formula is C10H10ClN5S. The second kappa shape index (κ2) is 4.46. The number of alkyl halides is 1. The number of rotatable bonds is 4. The molecule has 0 atom stereocenters. The summed E-state index contributed by atoms with van der Waals surface area (Å²) in [5.41, 5.74) is 1.90. The molecule has 0 bridgehead atoms. The van der Waals surface area contributed by atoms with Gasteiger partial charge >= 0.3 is 0 Å². The van der Waals surface area contributed by atoms with Crippen LogP contribution in [0.25, 0.3) is 4.96 Å². The maximum absolute atomic E-state index is 5.65. The van der Waals surface area contributed by atoms with Crippen molar-refractivity contribution in [3.8, 4) is 0 Å². The first-order chi connectivity index (χ1) is 8.35. The molecule has 0 aliphatic heterocycles. The number of hydrogen-bond acceptors (Lipinski definition) is 4. The second-order valence-corrected chi connectivity index (χ2v) is 4.92. The lowest BCUT2D eigenvalue weighted by Crippen LogP contribution is -2.00. The molecule has 0 fully saturated rings. The number of aryl methyl sites for hydroxylation is 1. The molecule has 0 unspecified atom stereocenters. The van der Waals surface area contributed by atoms with E-state index >= 15 is 0 Å². The zero-order chi connectivity index (χ0) is 11.7. The fraction of sp³-hybridized carbons (Fsp3) is 0.300. The fourth-order valence-corrected chi connectivity index (χ4v) is 2.56. The normalized spacial score (nSPS) is 11.4. The van der Waals surface area contributed by atoms with Gasteiger partial charge in [-0.25, -0.2) is 9.67 Å². The Bertz CT molecular complexity index is 597. The van der Waals surface area contributed by atoms with Crippen molar-refractivity contribution >= 4 is 27.9 Å². The van der Waals surface area contributed by atoms with Gasteiger partial charge in [0.2, 0.25) is 0 Å². The summed E-state index contributed by atoms with van der Waals surface area (Å²) in [4.78, 5) is 5.49. The molecule has 0 amide bonds. The summed E-state index contributed by atoms with van der Waals surface area (Å²) >= 11 is 7.27. The molecule has 88 valence electrons. The minimum atomic E-state index is 0.568. The van der Waals surface area contributed by atoms with Crippen LogP contribution in [0.1, 0.15) is 11.4 Å². The first kappa shape index (κ1) is 10.7. The first-order valence-corrected chi connectivity index (χ1v) is 6.62. The Hall–Kier alpha value is -1.40. The summed E-state index contributed by atoms with van der Waals surface area (Å²) in [5, 5.41) is 10.1. The van der Waals surface area contributed by atoms with Gasteiger partial charge in [-0.2, -0.15) is 0 Å². The van der Waals surface area contributed by atoms with Gasteiger partial charge in [0.15, 0.2) is 4.96 Å². The Labute approximate surface area is 107 Å². The van der Waals surface area contributed by atoms with E-state index in [0.29, 0.717) is 12.4 Å². The van der Waals surface area contributed by atoms with Crippen LogP contribution in [0, 0.1) is 0 Å². The van der Waals surface area contributed by atoms with Gasteiger partial charge in [0.1, 0.15) is 0 Å². The highest BCUT2D eigenvalue weighted by Gasteiger charge is 2.05. The largest absolute Gasteiger partial charge is 0.297 e. The highest BCUT2D eigenvalue weighted by Crippen LogP contribution is 2.12. The summed E-state index contributed by atoms with van der Waals surface area (Å²) in [6, 6.07) is 0. The van der Waals surface area contributed by atoms with Crippen molar-refractivity contribution < 1.29 is 0 Å². The van der Waals surface area contributed by atoms with Crippen molar-refractivity contribution in [2.24, 2.45) is 0 Å². The molecule has 0 aliphatic carbocycles. The van der Waals surface area contributed by atoms with Crippen LogP contribution in [0.4, 0.5) is 0 Å². The molecule has 17 heavy (non-hydrogen) atoms. The van der Waals surface area contributed by atoms with E-state index in [9.17, 15) is 0 Å². The van der Waals surface area contributed by atoms with Crippen LogP contribution in [0.2, 0.25) is 0 Å². The quantitative estimate of drug-likeness (QED) is 0.678. The minimum Gasteiger partial charge on any atom is -0.297 e. The predicted molar refractivity (Wildman–Crippen MR) is 66.6 cm³/mol. The van der Waals surface area contributed by atoms with Crippen LogP contribution in [-0.4, -0.2) is 30.3 Å². The Morgan fingerprint density at radius 1 is 1.29 bits per heavy atom. The topological polar surface area (TPSA) is 48.0 Å². The van der Waals surface area contributed by atoms with Crippen molar-refractivity contribution in [3.05, 3.63) is 35.4 Å². The smallest absolute Gasteiger partial charge is 0.193 e. The van der Waals surface area contributed by atoms with Crippen LogP contribution in [0.5, 0.6) is 0 Å². The van der Waals surface area contributed by atoms with E-state index in [0.717, 1.165) is 22.8 Å².